The fourth-order valence-corrected chi connectivity index (χ4v) is 1.30. The van der Waals surface area contributed by atoms with Crippen molar-refractivity contribution < 1.29 is 27.2 Å². The highest BCUT2D eigenvalue weighted by molar-refractivity contribution is 5.94. The lowest BCUT2D eigenvalue weighted by Crippen LogP contribution is -3.00. The summed E-state index contributed by atoms with van der Waals surface area (Å²) in [6.07, 6.45) is 5.39. The smallest absolute Gasteiger partial charge is 0.241 e. The average molecular weight is 241 g/mol. The second-order valence-corrected chi connectivity index (χ2v) is 3.07. The number of aromatic amines is 1. The summed E-state index contributed by atoms with van der Waals surface area (Å²) in [5, 5.41) is 0. The van der Waals surface area contributed by atoms with Gasteiger partial charge in [0.25, 0.3) is 0 Å². The number of aromatic nitrogens is 2. The summed E-state index contributed by atoms with van der Waals surface area (Å²) < 4.78 is 1.81. The lowest BCUT2D eigenvalue weighted by molar-refractivity contribution is -0.681. The van der Waals surface area contributed by atoms with Gasteiger partial charge in [-0.25, -0.2) is 4.57 Å². The van der Waals surface area contributed by atoms with Crippen molar-refractivity contribution in [1.29, 1.82) is 0 Å². The van der Waals surface area contributed by atoms with Crippen LogP contribution in [0.3, 0.4) is 0 Å². The minimum absolute atomic E-state index is 0. The number of carbonyl (C=O) groups is 1. The summed E-state index contributed by atoms with van der Waals surface area (Å²) in [4.78, 5) is 14.6. The highest BCUT2D eigenvalue weighted by Gasteiger charge is 2.08. The summed E-state index contributed by atoms with van der Waals surface area (Å²) in [5.74, 6) is 0.121. The summed E-state index contributed by atoms with van der Waals surface area (Å²) >= 11 is 0. The molecule has 5 heteroatoms. The Hall–Kier alpha value is -1.65. The predicted molar refractivity (Wildman–Crippen MR) is 55.4 cm³/mol. The Balaban J connectivity index is 0.00000112. The van der Waals surface area contributed by atoms with Gasteiger partial charge in [0.1, 0.15) is 12.4 Å². The van der Waals surface area contributed by atoms with E-state index in [0.717, 1.165) is 5.56 Å². The van der Waals surface area contributed by atoms with Gasteiger partial charge in [-0.2, -0.15) is 0 Å². The second-order valence-electron chi connectivity index (χ2n) is 3.07. The molecule has 4 nitrogen and oxygen atoms in total. The first-order valence-electron chi connectivity index (χ1n) is 4.46. The van der Waals surface area contributed by atoms with Gasteiger partial charge in [0.15, 0.2) is 6.54 Å². The Morgan fingerprint density at radius 1 is 1.25 bits per heavy atom. The maximum atomic E-state index is 11.7. The monoisotopic (exact) mass is 240 g/mol. The molecule has 2 rings (SSSR count). The first kappa shape index (κ1) is 14.4. The molecule has 16 heavy (non-hydrogen) atoms. The van der Waals surface area contributed by atoms with E-state index >= 15 is 0 Å². The third-order valence-corrected chi connectivity index (χ3v) is 2.02. The van der Waals surface area contributed by atoms with Gasteiger partial charge in [-0.3, -0.25) is 9.78 Å². The Bertz CT molecular complexity index is 415. The van der Waals surface area contributed by atoms with Crippen LogP contribution in [-0.2, 0) is 6.54 Å². The van der Waals surface area contributed by atoms with Crippen molar-refractivity contribution in [2.75, 3.05) is 0 Å². The third-order valence-electron chi connectivity index (χ3n) is 2.02. The molecule has 0 saturated carbocycles. The zero-order valence-electron chi connectivity index (χ0n) is 8.56. The van der Waals surface area contributed by atoms with Gasteiger partial charge in [-0.15, -0.1) is 0 Å². The molecule has 1 aromatic carbocycles. The number of H-pyrrole nitrogens is 1. The molecule has 0 aliphatic heterocycles. The number of benzene rings is 1. The highest BCUT2D eigenvalue weighted by Crippen LogP contribution is 1.99. The molecule has 0 fully saturated rings. The number of Topliss-reactive ketones (excluding diaryl/α,β-unsaturated/α-hetero) is 1. The van der Waals surface area contributed by atoms with E-state index < -0.39 is 0 Å². The first-order chi connectivity index (χ1) is 6.86. The SMILES string of the molecule is O.O=C(C[n+]1cc[nH]c1)c1ccccc1.[Cl-]. The number of nitrogens with one attached hydrogen (secondary N) is 1. The molecule has 0 unspecified atom stereocenters. The van der Waals surface area contributed by atoms with E-state index in [1.165, 1.54) is 0 Å². The molecule has 1 heterocycles. The van der Waals surface area contributed by atoms with Gasteiger partial charge >= 0.3 is 0 Å². The average Bonchev–Trinajstić information content (AvgIpc) is 2.72. The largest absolute Gasteiger partial charge is 1.00 e. The number of hydrogen-bond donors (Lipinski definition) is 1. The van der Waals surface area contributed by atoms with Crippen molar-refractivity contribution in [3.05, 3.63) is 54.6 Å². The van der Waals surface area contributed by atoms with Crippen LogP contribution in [0.4, 0.5) is 0 Å². The van der Waals surface area contributed by atoms with Crippen molar-refractivity contribution >= 4 is 5.78 Å². The van der Waals surface area contributed by atoms with Crippen LogP contribution in [-0.4, -0.2) is 16.2 Å². The molecule has 0 atom stereocenters. The van der Waals surface area contributed by atoms with E-state index in [9.17, 15) is 4.79 Å². The lowest BCUT2D eigenvalue weighted by Gasteiger charge is -1.96. The number of ketones is 1. The fourth-order valence-electron chi connectivity index (χ4n) is 1.30. The predicted octanol–water partition coefficient (Wildman–Crippen LogP) is -2.64. The van der Waals surface area contributed by atoms with Crippen LogP contribution in [0.2, 0.25) is 0 Å². The molecule has 3 N–H and O–H groups in total. The molecule has 0 radical (unpaired) electrons. The van der Waals surface area contributed by atoms with Crippen molar-refractivity contribution in [1.82, 2.24) is 4.98 Å². The summed E-state index contributed by atoms with van der Waals surface area (Å²) in [6, 6.07) is 9.30. The normalized spacial score (nSPS) is 8.75. The van der Waals surface area contributed by atoms with Crippen molar-refractivity contribution in [2.24, 2.45) is 0 Å². The van der Waals surface area contributed by atoms with Crippen LogP contribution in [0.1, 0.15) is 10.4 Å². The van der Waals surface area contributed by atoms with E-state index in [-0.39, 0.29) is 23.7 Å². The molecular weight excluding hydrogens is 228 g/mol. The Morgan fingerprint density at radius 3 is 2.50 bits per heavy atom. The van der Waals surface area contributed by atoms with E-state index in [4.69, 9.17) is 0 Å². The van der Waals surface area contributed by atoms with Crippen molar-refractivity contribution in [3.8, 4) is 0 Å². The number of imidazole rings is 1. The number of halogens is 1. The summed E-state index contributed by atoms with van der Waals surface area (Å²) in [7, 11) is 0. The minimum atomic E-state index is 0. The number of rotatable bonds is 3. The van der Waals surface area contributed by atoms with Gasteiger partial charge in [-0.05, 0) is 0 Å². The molecule has 0 bridgehead atoms. The first-order valence-corrected chi connectivity index (χ1v) is 4.46. The Morgan fingerprint density at radius 2 is 1.94 bits per heavy atom. The molecule has 0 aliphatic rings. The second kappa shape index (κ2) is 6.76. The summed E-state index contributed by atoms with van der Waals surface area (Å²) in [6.45, 7) is 0.382. The van der Waals surface area contributed by atoms with Crippen LogP contribution in [0, 0.1) is 0 Å². The fraction of sp³-hybridized carbons (Fsp3) is 0.0909. The minimum Gasteiger partial charge on any atom is -1.00 e. The van der Waals surface area contributed by atoms with E-state index in [1.807, 2.05) is 41.1 Å². The van der Waals surface area contributed by atoms with Gasteiger partial charge in [0.2, 0.25) is 12.1 Å². The van der Waals surface area contributed by atoms with Crippen molar-refractivity contribution in [3.63, 3.8) is 0 Å². The number of nitrogens with zero attached hydrogens (tertiary/aromatic N) is 1. The van der Waals surface area contributed by atoms with Gasteiger partial charge in [-0.1, -0.05) is 30.3 Å². The van der Waals surface area contributed by atoms with Crippen LogP contribution in [0.15, 0.2) is 49.1 Å². The maximum Gasteiger partial charge on any atom is 0.241 e. The van der Waals surface area contributed by atoms with Crippen LogP contribution in [0.25, 0.3) is 0 Å². The maximum absolute atomic E-state index is 11.7. The zero-order valence-corrected chi connectivity index (χ0v) is 9.32. The van der Waals surface area contributed by atoms with Gasteiger partial charge < -0.3 is 17.9 Å². The number of carbonyl (C=O) groups excluding carboxylic acids is 1. The molecule has 86 valence electrons. The molecule has 1 aromatic heterocycles. The lowest BCUT2D eigenvalue weighted by atomic mass is 10.1. The van der Waals surface area contributed by atoms with E-state index in [0.29, 0.717) is 6.54 Å². The van der Waals surface area contributed by atoms with Gasteiger partial charge in [0.05, 0.1) is 0 Å². The summed E-state index contributed by atoms with van der Waals surface area (Å²) in [5.41, 5.74) is 0.751. The molecule has 0 aliphatic carbocycles. The highest BCUT2D eigenvalue weighted by atomic mass is 35.5. The Labute approximate surface area is 99.7 Å². The quantitative estimate of drug-likeness (QED) is 0.463. The Kier molecular flexibility index (Phi) is 6.07. The zero-order chi connectivity index (χ0) is 9.80. The van der Waals surface area contributed by atoms with E-state index in [1.54, 1.807) is 12.5 Å². The standard InChI is InChI=1S/C11H10N2O.ClH.H2O/c14-11(8-13-7-6-12-9-13)10-4-2-1-3-5-10;;/h1-7,9H,8H2;1H;1H2. The van der Waals surface area contributed by atoms with E-state index in [2.05, 4.69) is 4.98 Å². The van der Waals surface area contributed by atoms with Crippen LogP contribution >= 0.6 is 0 Å². The van der Waals surface area contributed by atoms with Crippen LogP contribution < -0.4 is 17.0 Å². The molecule has 0 spiro atoms. The number of hydrogen-bond acceptors (Lipinski definition) is 1. The molecular formula is C11H13ClN2O2. The van der Waals surface area contributed by atoms with Gasteiger partial charge in [0, 0.05) is 5.56 Å². The topological polar surface area (TPSA) is 68.2 Å². The third kappa shape index (κ3) is 3.49. The molecule has 0 amide bonds. The van der Waals surface area contributed by atoms with Crippen molar-refractivity contribution in [2.45, 2.75) is 6.54 Å². The van der Waals surface area contributed by atoms with Crippen LogP contribution in [0.5, 0.6) is 0 Å². The molecule has 2 aromatic rings. The molecule has 0 saturated heterocycles.